The monoisotopic (exact) mass is 435 g/mol. The molecule has 3 aromatic carbocycles. The van der Waals surface area contributed by atoms with Gasteiger partial charge in [0.05, 0.1) is 16.3 Å². The summed E-state index contributed by atoms with van der Waals surface area (Å²) in [7, 11) is -3.52. The zero-order chi connectivity index (χ0) is 21.7. The number of piperidine rings is 1. The average Bonchev–Trinajstić information content (AvgIpc) is 2.84. The topological polar surface area (TPSA) is 69.7 Å². The van der Waals surface area contributed by atoms with Gasteiger partial charge in [0.25, 0.3) is 5.91 Å². The van der Waals surface area contributed by atoms with E-state index in [1.165, 1.54) is 16.4 Å². The lowest BCUT2D eigenvalue weighted by Gasteiger charge is -2.26. The van der Waals surface area contributed by atoms with E-state index >= 15 is 0 Å². The summed E-state index contributed by atoms with van der Waals surface area (Å²) in [6.07, 6.45) is 2.83. The van der Waals surface area contributed by atoms with Gasteiger partial charge in [0.2, 0.25) is 10.0 Å². The van der Waals surface area contributed by atoms with Gasteiger partial charge in [0, 0.05) is 18.7 Å². The molecule has 1 saturated heterocycles. The van der Waals surface area contributed by atoms with Crippen LogP contribution in [0, 0.1) is 0 Å². The van der Waals surface area contributed by atoms with Crippen LogP contribution in [0.1, 0.15) is 29.6 Å². The molecular formula is C24H25N3O3S. The summed E-state index contributed by atoms with van der Waals surface area (Å²) in [6, 6.07) is 25.2. The Hall–Kier alpha value is -3.16. The Bertz CT molecular complexity index is 1070. The fourth-order valence-electron chi connectivity index (χ4n) is 3.63. The highest BCUT2D eigenvalue weighted by Gasteiger charge is 2.26. The van der Waals surface area contributed by atoms with Gasteiger partial charge in [0.1, 0.15) is 0 Å². The number of hydrazine groups is 1. The standard InChI is InChI=1S/C24H25N3O3S/c28-24(25-27(21-10-4-1-5-11-21)22-12-6-2-7-13-22)20-14-16-23(17-15-20)31(29,30)26-18-8-3-9-19-26/h1-2,4-7,10-17H,3,8-9,18-19H2,(H,25,28). The lowest BCUT2D eigenvalue weighted by atomic mass is 10.2. The van der Waals surface area contributed by atoms with E-state index in [0.717, 1.165) is 30.6 Å². The molecule has 0 spiro atoms. The van der Waals surface area contributed by atoms with E-state index in [-0.39, 0.29) is 10.8 Å². The fourth-order valence-corrected chi connectivity index (χ4v) is 5.15. The molecular weight excluding hydrogens is 410 g/mol. The molecule has 1 heterocycles. The number of nitrogens with zero attached hydrogens (tertiary/aromatic N) is 2. The minimum Gasteiger partial charge on any atom is -0.267 e. The largest absolute Gasteiger partial charge is 0.270 e. The maximum Gasteiger partial charge on any atom is 0.270 e. The fraction of sp³-hybridized carbons (Fsp3) is 0.208. The smallest absolute Gasteiger partial charge is 0.267 e. The van der Waals surface area contributed by atoms with Crippen molar-refractivity contribution in [3.63, 3.8) is 0 Å². The molecule has 1 amide bonds. The van der Waals surface area contributed by atoms with Gasteiger partial charge in [-0.2, -0.15) is 4.31 Å². The van der Waals surface area contributed by atoms with Crippen LogP contribution in [0.5, 0.6) is 0 Å². The first-order chi connectivity index (χ1) is 15.1. The minimum atomic E-state index is -3.52. The molecule has 7 heteroatoms. The number of sulfonamides is 1. The summed E-state index contributed by atoms with van der Waals surface area (Å²) < 4.78 is 27.2. The number of hydrogen-bond acceptors (Lipinski definition) is 4. The number of rotatable bonds is 6. The van der Waals surface area contributed by atoms with Crippen LogP contribution in [0.25, 0.3) is 0 Å². The normalized spacial score (nSPS) is 14.7. The highest BCUT2D eigenvalue weighted by molar-refractivity contribution is 7.89. The molecule has 0 unspecified atom stereocenters. The van der Waals surface area contributed by atoms with Crippen LogP contribution in [0.15, 0.2) is 89.8 Å². The summed E-state index contributed by atoms with van der Waals surface area (Å²) in [6.45, 7) is 1.10. The molecule has 0 radical (unpaired) electrons. The van der Waals surface area contributed by atoms with Gasteiger partial charge >= 0.3 is 0 Å². The summed E-state index contributed by atoms with van der Waals surface area (Å²) >= 11 is 0. The van der Waals surface area contributed by atoms with Gasteiger partial charge in [-0.25, -0.2) is 8.42 Å². The third-order valence-electron chi connectivity index (χ3n) is 5.31. The van der Waals surface area contributed by atoms with Crippen LogP contribution in [-0.4, -0.2) is 31.7 Å². The van der Waals surface area contributed by atoms with E-state index in [1.54, 1.807) is 17.1 Å². The Morgan fingerprint density at radius 3 is 1.77 bits per heavy atom. The Morgan fingerprint density at radius 2 is 1.26 bits per heavy atom. The van der Waals surface area contributed by atoms with Gasteiger partial charge in [-0.05, 0) is 61.4 Å². The molecule has 6 nitrogen and oxygen atoms in total. The minimum absolute atomic E-state index is 0.217. The molecule has 4 rings (SSSR count). The summed E-state index contributed by atoms with van der Waals surface area (Å²) in [5.74, 6) is -0.324. The number of benzene rings is 3. The maximum absolute atomic E-state index is 13.0. The van der Waals surface area contributed by atoms with E-state index in [0.29, 0.717) is 18.7 Å². The van der Waals surface area contributed by atoms with Gasteiger partial charge in [-0.1, -0.05) is 42.8 Å². The van der Waals surface area contributed by atoms with Crippen molar-refractivity contribution in [3.8, 4) is 0 Å². The van der Waals surface area contributed by atoms with Crippen LogP contribution < -0.4 is 10.4 Å². The number of nitrogens with one attached hydrogen (secondary N) is 1. The number of amides is 1. The van der Waals surface area contributed by atoms with Crippen molar-refractivity contribution < 1.29 is 13.2 Å². The van der Waals surface area contributed by atoms with Crippen molar-refractivity contribution in [1.29, 1.82) is 0 Å². The molecule has 1 aliphatic rings. The molecule has 1 aliphatic heterocycles. The number of para-hydroxylation sites is 2. The predicted octanol–water partition coefficient (Wildman–Crippen LogP) is 4.34. The third-order valence-corrected chi connectivity index (χ3v) is 7.22. The Kier molecular flexibility index (Phi) is 6.34. The summed E-state index contributed by atoms with van der Waals surface area (Å²) in [4.78, 5) is 13.2. The zero-order valence-corrected chi connectivity index (χ0v) is 18.0. The van der Waals surface area contributed by atoms with E-state index in [1.807, 2.05) is 60.7 Å². The molecule has 31 heavy (non-hydrogen) atoms. The maximum atomic E-state index is 13.0. The van der Waals surface area contributed by atoms with Crippen LogP contribution >= 0.6 is 0 Å². The molecule has 1 fully saturated rings. The van der Waals surface area contributed by atoms with E-state index in [2.05, 4.69) is 5.43 Å². The predicted molar refractivity (Wildman–Crippen MR) is 122 cm³/mol. The first-order valence-electron chi connectivity index (χ1n) is 10.4. The van der Waals surface area contributed by atoms with Gasteiger partial charge in [-0.15, -0.1) is 0 Å². The molecule has 3 aromatic rings. The van der Waals surface area contributed by atoms with E-state index in [4.69, 9.17) is 0 Å². The highest BCUT2D eigenvalue weighted by atomic mass is 32.2. The van der Waals surface area contributed by atoms with Gasteiger partial charge < -0.3 is 0 Å². The first-order valence-corrected chi connectivity index (χ1v) is 11.8. The second-order valence-electron chi connectivity index (χ2n) is 7.44. The Morgan fingerprint density at radius 1 is 0.742 bits per heavy atom. The van der Waals surface area contributed by atoms with Crippen molar-refractivity contribution in [2.24, 2.45) is 0 Å². The van der Waals surface area contributed by atoms with Crippen LogP contribution in [-0.2, 0) is 10.0 Å². The van der Waals surface area contributed by atoms with Crippen molar-refractivity contribution in [1.82, 2.24) is 9.73 Å². The quantitative estimate of drug-likeness (QED) is 0.585. The summed E-state index contributed by atoms with van der Waals surface area (Å²) in [5.41, 5.74) is 4.93. The van der Waals surface area contributed by atoms with Gasteiger partial charge in [0.15, 0.2) is 0 Å². The van der Waals surface area contributed by atoms with Crippen molar-refractivity contribution in [3.05, 3.63) is 90.5 Å². The first kappa shape index (κ1) is 21.1. The molecule has 1 N–H and O–H groups in total. The lowest BCUT2D eigenvalue weighted by Crippen LogP contribution is -2.39. The van der Waals surface area contributed by atoms with E-state index in [9.17, 15) is 13.2 Å². The number of carbonyl (C=O) groups is 1. The lowest BCUT2D eigenvalue weighted by molar-refractivity contribution is 0.0953. The molecule has 160 valence electrons. The van der Waals surface area contributed by atoms with Crippen LogP contribution in [0.4, 0.5) is 11.4 Å². The molecule has 0 saturated carbocycles. The highest BCUT2D eigenvalue weighted by Crippen LogP contribution is 2.24. The summed E-state index contributed by atoms with van der Waals surface area (Å²) in [5, 5.41) is 1.71. The number of carbonyl (C=O) groups excluding carboxylic acids is 1. The van der Waals surface area contributed by atoms with E-state index < -0.39 is 10.0 Å². The SMILES string of the molecule is O=C(NN(c1ccccc1)c1ccccc1)c1ccc(S(=O)(=O)N2CCCCC2)cc1. The van der Waals surface area contributed by atoms with Crippen molar-refractivity contribution in [2.75, 3.05) is 18.1 Å². The Balaban J connectivity index is 1.54. The molecule has 0 aromatic heterocycles. The third kappa shape index (κ3) is 4.78. The van der Waals surface area contributed by atoms with Crippen molar-refractivity contribution >= 4 is 27.3 Å². The van der Waals surface area contributed by atoms with Crippen LogP contribution in [0.3, 0.4) is 0 Å². The molecule has 0 bridgehead atoms. The number of hydrogen-bond donors (Lipinski definition) is 1. The second-order valence-corrected chi connectivity index (χ2v) is 9.37. The van der Waals surface area contributed by atoms with Crippen LogP contribution in [0.2, 0.25) is 0 Å². The Labute approximate surface area is 183 Å². The average molecular weight is 436 g/mol. The molecule has 0 aliphatic carbocycles. The van der Waals surface area contributed by atoms with Crippen molar-refractivity contribution in [2.45, 2.75) is 24.2 Å². The van der Waals surface area contributed by atoms with Gasteiger partial charge in [-0.3, -0.25) is 15.2 Å². The molecule has 0 atom stereocenters. The number of anilines is 2. The second kappa shape index (κ2) is 9.32. The zero-order valence-electron chi connectivity index (χ0n) is 17.1.